The van der Waals surface area contributed by atoms with E-state index in [0.29, 0.717) is 28.1 Å². The van der Waals surface area contributed by atoms with Gasteiger partial charge in [-0.1, -0.05) is 18.2 Å². The topological polar surface area (TPSA) is 77.0 Å². The minimum absolute atomic E-state index is 0.0355. The fourth-order valence-corrected chi connectivity index (χ4v) is 3.93. The number of nitrogens with zero attached hydrogens (tertiary/aromatic N) is 4. The average Bonchev–Trinajstić information content (AvgIpc) is 3.43. The van der Waals surface area contributed by atoms with Crippen LogP contribution < -0.4 is 0 Å². The van der Waals surface area contributed by atoms with Crippen molar-refractivity contribution in [3.63, 3.8) is 0 Å². The molecule has 0 saturated carbocycles. The molecule has 0 saturated heterocycles. The molecule has 0 bridgehead atoms. The number of benzene rings is 3. The Morgan fingerprint density at radius 1 is 1.03 bits per heavy atom. The predicted molar refractivity (Wildman–Crippen MR) is 120 cm³/mol. The number of aliphatic hydroxyl groups is 1. The van der Waals surface area contributed by atoms with Gasteiger partial charge >= 0.3 is 0 Å². The molecule has 5 rings (SSSR count). The van der Waals surface area contributed by atoms with Gasteiger partial charge in [-0.3, -0.25) is 0 Å². The number of hydrogen-bond acceptors (Lipinski definition) is 5. The third-order valence-corrected chi connectivity index (χ3v) is 5.56. The van der Waals surface area contributed by atoms with Gasteiger partial charge in [0, 0.05) is 25.1 Å². The molecule has 1 N–H and O–H groups in total. The first kappa shape index (κ1) is 21.8. The second-order valence-electron chi connectivity index (χ2n) is 8.09. The van der Waals surface area contributed by atoms with Gasteiger partial charge in [0.1, 0.15) is 17.7 Å². The van der Waals surface area contributed by atoms with E-state index >= 15 is 0 Å². The zero-order chi connectivity index (χ0) is 24.0. The summed E-state index contributed by atoms with van der Waals surface area (Å²) in [7, 11) is 1.76. The first-order valence-electron chi connectivity index (χ1n) is 10.4. The highest BCUT2D eigenvalue weighted by Crippen LogP contribution is 2.38. The number of halogens is 3. The summed E-state index contributed by atoms with van der Waals surface area (Å²) in [6.45, 7) is 0.375. The molecule has 172 valence electrons. The number of aromatic nitrogens is 4. The Kier molecular flexibility index (Phi) is 5.21. The summed E-state index contributed by atoms with van der Waals surface area (Å²) in [5, 5.41) is 17.5. The molecule has 2 heterocycles. The molecule has 6 nitrogen and oxygen atoms in total. The monoisotopic (exact) mass is 464 g/mol. The molecule has 0 fully saturated rings. The molecular formula is C25H19F3N4O2. The highest BCUT2D eigenvalue weighted by atomic mass is 19.3. The lowest BCUT2D eigenvalue weighted by atomic mass is 9.97. The van der Waals surface area contributed by atoms with E-state index in [0.717, 1.165) is 12.5 Å². The van der Waals surface area contributed by atoms with Crippen LogP contribution in [0.3, 0.4) is 0 Å². The van der Waals surface area contributed by atoms with Crippen LogP contribution in [0.15, 0.2) is 65.3 Å². The highest BCUT2D eigenvalue weighted by Gasteiger charge is 2.30. The number of alkyl halides is 2. The zero-order valence-corrected chi connectivity index (χ0v) is 18.3. The lowest BCUT2D eigenvalue weighted by molar-refractivity contribution is 0.0180. The average molecular weight is 464 g/mol. The molecule has 0 aliphatic rings. The van der Waals surface area contributed by atoms with Gasteiger partial charge in [-0.2, -0.15) is 0 Å². The first-order valence-corrected chi connectivity index (χ1v) is 10.4. The fourth-order valence-electron chi connectivity index (χ4n) is 3.93. The van der Waals surface area contributed by atoms with Crippen molar-refractivity contribution in [2.24, 2.45) is 7.05 Å². The van der Waals surface area contributed by atoms with Crippen LogP contribution in [0.1, 0.15) is 18.1 Å². The summed E-state index contributed by atoms with van der Waals surface area (Å²) >= 11 is 0. The molecule has 3 aromatic carbocycles. The van der Waals surface area contributed by atoms with Crippen LogP contribution in [0, 0.1) is 5.82 Å². The third kappa shape index (κ3) is 3.84. The minimum atomic E-state index is -3.18. The quantitative estimate of drug-likeness (QED) is 0.361. The van der Waals surface area contributed by atoms with Gasteiger partial charge in [-0.15, -0.1) is 10.2 Å². The van der Waals surface area contributed by atoms with E-state index in [-0.39, 0.29) is 22.6 Å². The Labute approximate surface area is 192 Å². The lowest BCUT2D eigenvalue weighted by Gasteiger charge is -2.11. The maximum Gasteiger partial charge on any atom is 0.274 e. The van der Waals surface area contributed by atoms with E-state index in [2.05, 4.69) is 15.2 Å². The number of rotatable bonds is 5. The highest BCUT2D eigenvalue weighted by molar-refractivity contribution is 5.84. The van der Waals surface area contributed by atoms with Crippen molar-refractivity contribution in [2.45, 2.75) is 19.5 Å². The second kappa shape index (κ2) is 8.11. The molecule has 34 heavy (non-hydrogen) atoms. The van der Waals surface area contributed by atoms with Crippen LogP contribution in [0.2, 0.25) is 0 Å². The molecule has 5 aromatic rings. The summed E-state index contributed by atoms with van der Waals surface area (Å²) in [6.07, 6.45) is 1.53. The molecule has 0 atom stereocenters. The van der Waals surface area contributed by atoms with Gasteiger partial charge in [0.05, 0.1) is 12.2 Å². The summed E-state index contributed by atoms with van der Waals surface area (Å²) in [6, 6.07) is 14.3. The van der Waals surface area contributed by atoms with E-state index in [1.807, 2.05) is 6.07 Å². The fraction of sp³-hybridized carbons (Fsp3) is 0.160. The molecule has 0 aliphatic carbocycles. The lowest BCUT2D eigenvalue weighted by Crippen LogP contribution is -2.08. The number of aliphatic hydroxyl groups excluding tert-OH is 1. The number of fused-ring (bicyclic) bond motifs is 1. The van der Waals surface area contributed by atoms with E-state index in [9.17, 15) is 18.3 Å². The molecule has 2 aromatic heterocycles. The minimum Gasteiger partial charge on any atom is -0.436 e. The second-order valence-corrected chi connectivity index (χ2v) is 8.09. The van der Waals surface area contributed by atoms with Crippen LogP contribution in [-0.4, -0.2) is 24.9 Å². The molecule has 9 heteroatoms. The van der Waals surface area contributed by atoms with E-state index in [1.54, 1.807) is 35.9 Å². The maximum atomic E-state index is 14.2. The summed E-state index contributed by atoms with van der Waals surface area (Å²) in [5.74, 6) is -2.95. The Morgan fingerprint density at radius 3 is 2.53 bits per heavy atom. The van der Waals surface area contributed by atoms with Crippen LogP contribution >= 0.6 is 0 Å². The normalized spacial score (nSPS) is 11.9. The number of hydrogen-bond donors (Lipinski definition) is 1. The van der Waals surface area contributed by atoms with Gasteiger partial charge in [0.2, 0.25) is 5.89 Å². The smallest absolute Gasteiger partial charge is 0.274 e. The largest absolute Gasteiger partial charge is 0.436 e. The van der Waals surface area contributed by atoms with Crippen molar-refractivity contribution < 1.29 is 22.7 Å². The molecule has 0 radical (unpaired) electrons. The molecular weight excluding hydrogens is 445 g/mol. The Morgan fingerprint density at radius 2 is 1.82 bits per heavy atom. The number of oxazole rings is 1. The summed E-state index contributed by atoms with van der Waals surface area (Å²) < 4.78 is 50.0. The van der Waals surface area contributed by atoms with Crippen molar-refractivity contribution in [3.8, 4) is 34.0 Å². The van der Waals surface area contributed by atoms with Crippen LogP contribution in [-0.2, 0) is 19.6 Å². The number of aryl methyl sites for hydroxylation is 1. The standard InChI is InChI=1S/C25H19F3N4O2/c1-25(27,28)20-8-14(12-33)9-21-22(20)34-24(30-21)16-5-3-4-15(10-16)18-7-6-17(26)11-19(18)23-31-29-13-32(23)2/h3-11,13,33H,12H2,1-2H3. The van der Waals surface area contributed by atoms with Gasteiger partial charge in [0.25, 0.3) is 5.92 Å². The van der Waals surface area contributed by atoms with E-state index in [4.69, 9.17) is 4.42 Å². The third-order valence-electron chi connectivity index (χ3n) is 5.56. The van der Waals surface area contributed by atoms with Crippen LogP contribution in [0.5, 0.6) is 0 Å². The van der Waals surface area contributed by atoms with Crippen molar-refractivity contribution in [2.75, 3.05) is 0 Å². The van der Waals surface area contributed by atoms with Gasteiger partial charge in [0.15, 0.2) is 11.4 Å². The van der Waals surface area contributed by atoms with Gasteiger partial charge < -0.3 is 14.1 Å². The zero-order valence-electron chi connectivity index (χ0n) is 18.3. The van der Waals surface area contributed by atoms with Crippen LogP contribution in [0.4, 0.5) is 13.2 Å². The molecule has 0 aliphatic heterocycles. The molecule has 0 amide bonds. The predicted octanol–water partition coefficient (Wildman–Crippen LogP) is 5.70. The van der Waals surface area contributed by atoms with Gasteiger partial charge in [-0.05, 0) is 53.1 Å². The Balaban J connectivity index is 1.65. The van der Waals surface area contributed by atoms with Crippen LogP contribution in [0.25, 0.3) is 45.1 Å². The SMILES string of the molecule is Cn1cnnc1-c1cc(F)ccc1-c1cccc(-c2nc3cc(CO)cc(C(C)(F)F)c3o2)c1. The van der Waals surface area contributed by atoms with Crippen molar-refractivity contribution in [1.29, 1.82) is 0 Å². The van der Waals surface area contributed by atoms with E-state index < -0.39 is 18.3 Å². The Hall–Kier alpha value is -3.98. The maximum absolute atomic E-state index is 14.2. The van der Waals surface area contributed by atoms with Crippen molar-refractivity contribution in [3.05, 3.63) is 77.9 Å². The van der Waals surface area contributed by atoms with Gasteiger partial charge in [-0.25, -0.2) is 18.2 Å². The first-order chi connectivity index (χ1) is 16.2. The van der Waals surface area contributed by atoms with E-state index in [1.165, 1.54) is 30.6 Å². The Bertz CT molecular complexity index is 1520. The molecule has 0 spiro atoms. The van der Waals surface area contributed by atoms with Crippen molar-refractivity contribution >= 4 is 11.1 Å². The molecule has 0 unspecified atom stereocenters. The van der Waals surface area contributed by atoms with Crippen molar-refractivity contribution in [1.82, 2.24) is 19.7 Å². The summed E-state index contributed by atoms with van der Waals surface area (Å²) in [5.41, 5.74) is 2.71. The summed E-state index contributed by atoms with van der Waals surface area (Å²) in [4.78, 5) is 4.40.